The highest BCUT2D eigenvalue weighted by molar-refractivity contribution is 5.51. The summed E-state index contributed by atoms with van der Waals surface area (Å²) in [5.74, 6) is 0.290. The average molecular weight is 178 g/mol. The summed E-state index contributed by atoms with van der Waals surface area (Å²) in [5, 5.41) is 12.7. The van der Waals surface area contributed by atoms with Crippen LogP contribution in [0.5, 0.6) is 5.75 Å². The molecule has 0 radical (unpaired) electrons. The summed E-state index contributed by atoms with van der Waals surface area (Å²) in [6.07, 6.45) is 2.29. The summed E-state index contributed by atoms with van der Waals surface area (Å²) in [7, 11) is 0. The van der Waals surface area contributed by atoms with Crippen LogP contribution < -0.4 is 11.1 Å². The number of nitrogen functional groups attached to an aromatic ring is 1. The van der Waals surface area contributed by atoms with Crippen molar-refractivity contribution < 1.29 is 5.11 Å². The van der Waals surface area contributed by atoms with E-state index in [9.17, 15) is 5.11 Å². The molecule has 1 saturated heterocycles. The predicted molar refractivity (Wildman–Crippen MR) is 52.5 cm³/mol. The normalized spacial score (nSPS) is 22.0. The first-order chi connectivity index (χ1) is 6.27. The SMILES string of the molecule is Nc1ccc(O)cc1[C@H]1CCCN1. The third-order valence-corrected chi connectivity index (χ3v) is 2.51. The zero-order chi connectivity index (χ0) is 9.26. The lowest BCUT2D eigenvalue weighted by atomic mass is 10.0. The molecule has 3 heteroatoms. The molecule has 13 heavy (non-hydrogen) atoms. The van der Waals surface area contributed by atoms with E-state index in [1.807, 2.05) is 0 Å². The minimum Gasteiger partial charge on any atom is -0.508 e. The second kappa shape index (κ2) is 3.26. The molecule has 0 aliphatic carbocycles. The highest BCUT2D eigenvalue weighted by Crippen LogP contribution is 2.29. The number of anilines is 1. The van der Waals surface area contributed by atoms with Gasteiger partial charge >= 0.3 is 0 Å². The van der Waals surface area contributed by atoms with Crippen LogP contribution in [0.3, 0.4) is 0 Å². The Labute approximate surface area is 77.6 Å². The van der Waals surface area contributed by atoms with E-state index in [1.165, 1.54) is 6.42 Å². The van der Waals surface area contributed by atoms with E-state index in [4.69, 9.17) is 5.73 Å². The van der Waals surface area contributed by atoms with E-state index in [-0.39, 0.29) is 5.75 Å². The Morgan fingerprint density at radius 1 is 1.46 bits per heavy atom. The van der Waals surface area contributed by atoms with Gasteiger partial charge in [0.15, 0.2) is 0 Å². The van der Waals surface area contributed by atoms with Crippen LogP contribution in [0.1, 0.15) is 24.4 Å². The summed E-state index contributed by atoms with van der Waals surface area (Å²) < 4.78 is 0. The van der Waals surface area contributed by atoms with Crippen molar-refractivity contribution in [3.8, 4) is 5.75 Å². The molecule has 0 spiro atoms. The summed E-state index contributed by atoms with van der Waals surface area (Å²) in [5.41, 5.74) is 7.60. The number of aromatic hydroxyl groups is 1. The maximum atomic E-state index is 9.31. The van der Waals surface area contributed by atoms with Crippen LogP contribution in [-0.4, -0.2) is 11.7 Å². The largest absolute Gasteiger partial charge is 0.508 e. The molecular weight excluding hydrogens is 164 g/mol. The topological polar surface area (TPSA) is 58.3 Å². The third-order valence-electron chi connectivity index (χ3n) is 2.51. The fourth-order valence-electron chi connectivity index (χ4n) is 1.81. The molecule has 0 bridgehead atoms. The molecule has 1 aromatic rings. The van der Waals surface area contributed by atoms with Gasteiger partial charge in [-0.15, -0.1) is 0 Å². The Morgan fingerprint density at radius 3 is 3.00 bits per heavy atom. The van der Waals surface area contributed by atoms with Gasteiger partial charge in [0, 0.05) is 11.7 Å². The van der Waals surface area contributed by atoms with E-state index in [0.717, 1.165) is 24.2 Å². The second-order valence-electron chi connectivity index (χ2n) is 3.46. The van der Waals surface area contributed by atoms with Gasteiger partial charge in [0.25, 0.3) is 0 Å². The number of nitrogens with one attached hydrogen (secondary N) is 1. The van der Waals surface area contributed by atoms with Gasteiger partial charge in [0.1, 0.15) is 5.75 Å². The Balaban J connectivity index is 2.32. The van der Waals surface area contributed by atoms with Crippen molar-refractivity contribution in [3.05, 3.63) is 23.8 Å². The molecule has 1 atom stereocenters. The number of benzene rings is 1. The van der Waals surface area contributed by atoms with E-state index in [2.05, 4.69) is 5.32 Å². The van der Waals surface area contributed by atoms with Crippen LogP contribution in [0, 0.1) is 0 Å². The molecule has 3 nitrogen and oxygen atoms in total. The number of hydrogen-bond acceptors (Lipinski definition) is 3. The van der Waals surface area contributed by atoms with Gasteiger partial charge in [0.05, 0.1) is 0 Å². The minimum absolute atomic E-state index is 0.290. The van der Waals surface area contributed by atoms with Crippen LogP contribution in [0.15, 0.2) is 18.2 Å². The Kier molecular flexibility index (Phi) is 2.10. The van der Waals surface area contributed by atoms with Crippen molar-refractivity contribution in [2.24, 2.45) is 0 Å². The summed E-state index contributed by atoms with van der Waals surface area (Å²) in [4.78, 5) is 0. The van der Waals surface area contributed by atoms with Gasteiger partial charge < -0.3 is 16.2 Å². The predicted octanol–water partition coefficient (Wildman–Crippen LogP) is 1.40. The van der Waals surface area contributed by atoms with Gasteiger partial charge in [-0.25, -0.2) is 0 Å². The maximum absolute atomic E-state index is 9.31. The highest BCUT2D eigenvalue weighted by Gasteiger charge is 2.18. The summed E-state index contributed by atoms with van der Waals surface area (Å²) >= 11 is 0. The van der Waals surface area contributed by atoms with Gasteiger partial charge in [-0.1, -0.05) is 0 Å². The van der Waals surface area contributed by atoms with Crippen molar-refractivity contribution in [3.63, 3.8) is 0 Å². The van der Waals surface area contributed by atoms with Crippen molar-refractivity contribution in [2.45, 2.75) is 18.9 Å². The van der Waals surface area contributed by atoms with Crippen LogP contribution in [0.25, 0.3) is 0 Å². The number of phenols is 1. The van der Waals surface area contributed by atoms with Crippen molar-refractivity contribution in [1.82, 2.24) is 5.32 Å². The van der Waals surface area contributed by atoms with Crippen LogP contribution in [0.4, 0.5) is 5.69 Å². The van der Waals surface area contributed by atoms with Crippen LogP contribution in [-0.2, 0) is 0 Å². The summed E-state index contributed by atoms with van der Waals surface area (Å²) in [6.45, 7) is 1.04. The molecular formula is C10H14N2O. The minimum atomic E-state index is 0.290. The van der Waals surface area contributed by atoms with Gasteiger partial charge in [-0.2, -0.15) is 0 Å². The molecule has 0 aromatic heterocycles. The zero-order valence-electron chi connectivity index (χ0n) is 7.46. The molecule has 0 saturated carbocycles. The molecule has 1 heterocycles. The Morgan fingerprint density at radius 2 is 2.31 bits per heavy atom. The lowest BCUT2D eigenvalue weighted by molar-refractivity contribution is 0.473. The van der Waals surface area contributed by atoms with Gasteiger partial charge in [-0.05, 0) is 43.1 Å². The van der Waals surface area contributed by atoms with E-state index < -0.39 is 0 Å². The lowest BCUT2D eigenvalue weighted by Crippen LogP contribution is -2.14. The maximum Gasteiger partial charge on any atom is 0.116 e. The van der Waals surface area contributed by atoms with E-state index in [1.54, 1.807) is 18.2 Å². The first kappa shape index (κ1) is 8.38. The summed E-state index contributed by atoms with van der Waals surface area (Å²) in [6, 6.07) is 5.45. The van der Waals surface area contributed by atoms with Crippen molar-refractivity contribution in [1.29, 1.82) is 0 Å². The molecule has 1 aromatic carbocycles. The number of rotatable bonds is 1. The number of phenolic OH excluding ortho intramolecular Hbond substituents is 1. The molecule has 1 fully saturated rings. The van der Waals surface area contributed by atoms with E-state index in [0.29, 0.717) is 6.04 Å². The average Bonchev–Trinajstić information content (AvgIpc) is 2.61. The third kappa shape index (κ3) is 1.60. The molecule has 0 amide bonds. The first-order valence-corrected chi connectivity index (χ1v) is 4.59. The van der Waals surface area contributed by atoms with Crippen LogP contribution >= 0.6 is 0 Å². The quantitative estimate of drug-likeness (QED) is 0.450. The standard InChI is InChI=1S/C10H14N2O/c11-9-4-3-7(13)6-8(9)10-2-1-5-12-10/h3-4,6,10,12-13H,1-2,5,11H2/t10-/m1/s1. The molecule has 2 rings (SSSR count). The van der Waals surface area contributed by atoms with Crippen molar-refractivity contribution in [2.75, 3.05) is 12.3 Å². The van der Waals surface area contributed by atoms with Gasteiger partial charge in [-0.3, -0.25) is 0 Å². The van der Waals surface area contributed by atoms with Gasteiger partial charge in [0.2, 0.25) is 0 Å². The molecule has 1 aliphatic rings. The number of hydrogen-bond donors (Lipinski definition) is 3. The molecule has 0 unspecified atom stereocenters. The monoisotopic (exact) mass is 178 g/mol. The molecule has 4 N–H and O–H groups in total. The first-order valence-electron chi connectivity index (χ1n) is 4.59. The Bertz CT molecular complexity index is 306. The van der Waals surface area contributed by atoms with Crippen LogP contribution in [0.2, 0.25) is 0 Å². The Hall–Kier alpha value is -1.22. The molecule has 1 aliphatic heterocycles. The fourth-order valence-corrected chi connectivity index (χ4v) is 1.81. The van der Waals surface area contributed by atoms with E-state index >= 15 is 0 Å². The van der Waals surface area contributed by atoms with Crippen molar-refractivity contribution >= 4 is 5.69 Å². The molecule has 70 valence electrons. The fraction of sp³-hybridized carbons (Fsp3) is 0.400. The lowest BCUT2D eigenvalue weighted by Gasteiger charge is -2.13. The second-order valence-corrected chi connectivity index (χ2v) is 3.46. The highest BCUT2D eigenvalue weighted by atomic mass is 16.3. The number of nitrogens with two attached hydrogens (primary N) is 1. The zero-order valence-corrected chi connectivity index (χ0v) is 7.46. The smallest absolute Gasteiger partial charge is 0.116 e.